The van der Waals surface area contributed by atoms with Crippen LogP contribution in [0.1, 0.15) is 0 Å². The molecule has 1 amide bonds. The number of hydrogen-bond donors (Lipinski definition) is 1. The zero-order chi connectivity index (χ0) is 18.5. The van der Waals surface area contributed by atoms with E-state index in [2.05, 4.69) is 32.2 Å². The molecule has 0 spiro atoms. The van der Waals surface area contributed by atoms with Crippen LogP contribution in [0.3, 0.4) is 0 Å². The van der Waals surface area contributed by atoms with E-state index in [-0.39, 0.29) is 5.91 Å². The van der Waals surface area contributed by atoms with Crippen molar-refractivity contribution in [2.24, 2.45) is 0 Å². The molecule has 4 rings (SSSR count). The van der Waals surface area contributed by atoms with Crippen LogP contribution < -0.4 is 10.2 Å². The number of aromatic nitrogens is 1. The third-order valence-corrected chi connectivity index (χ3v) is 5.73. The van der Waals surface area contributed by atoms with Crippen molar-refractivity contribution in [2.45, 2.75) is 0 Å². The standard InChI is InChI=1S/C21H22N4OS/c26-20(23-18-9-5-2-6-10-18)16-24-11-13-25(14-12-24)21-22-15-19(27-21)17-7-3-1-4-8-17/h1-10,15H,11-14,16H2,(H,23,26). The van der Waals surface area contributed by atoms with Crippen LogP contribution in [0.2, 0.25) is 0 Å². The predicted molar refractivity (Wildman–Crippen MR) is 111 cm³/mol. The highest BCUT2D eigenvalue weighted by molar-refractivity contribution is 7.18. The van der Waals surface area contributed by atoms with Gasteiger partial charge in [-0.05, 0) is 17.7 Å². The second-order valence-electron chi connectivity index (χ2n) is 6.55. The Kier molecular flexibility index (Phi) is 5.46. The molecular formula is C21H22N4OS. The summed E-state index contributed by atoms with van der Waals surface area (Å²) in [7, 11) is 0. The summed E-state index contributed by atoms with van der Waals surface area (Å²) in [5, 5.41) is 4.01. The zero-order valence-electron chi connectivity index (χ0n) is 15.0. The summed E-state index contributed by atoms with van der Waals surface area (Å²) in [6.07, 6.45) is 1.95. The molecular weight excluding hydrogens is 356 g/mol. The van der Waals surface area contributed by atoms with Crippen molar-refractivity contribution in [1.29, 1.82) is 0 Å². The molecule has 1 saturated heterocycles. The van der Waals surface area contributed by atoms with Crippen molar-refractivity contribution in [1.82, 2.24) is 9.88 Å². The maximum absolute atomic E-state index is 12.2. The van der Waals surface area contributed by atoms with Crippen molar-refractivity contribution < 1.29 is 4.79 Å². The maximum Gasteiger partial charge on any atom is 0.238 e. The number of nitrogens with one attached hydrogen (secondary N) is 1. The minimum Gasteiger partial charge on any atom is -0.346 e. The molecule has 1 aliphatic heterocycles. The molecule has 1 N–H and O–H groups in total. The lowest BCUT2D eigenvalue weighted by Crippen LogP contribution is -2.48. The van der Waals surface area contributed by atoms with E-state index < -0.39 is 0 Å². The molecule has 0 unspecified atom stereocenters. The van der Waals surface area contributed by atoms with Gasteiger partial charge in [0.1, 0.15) is 0 Å². The highest BCUT2D eigenvalue weighted by Gasteiger charge is 2.21. The van der Waals surface area contributed by atoms with E-state index in [4.69, 9.17) is 0 Å². The second kappa shape index (κ2) is 8.33. The number of hydrogen-bond acceptors (Lipinski definition) is 5. The summed E-state index contributed by atoms with van der Waals surface area (Å²) < 4.78 is 0. The maximum atomic E-state index is 12.2. The molecule has 27 heavy (non-hydrogen) atoms. The number of para-hydroxylation sites is 1. The van der Waals surface area contributed by atoms with Crippen molar-refractivity contribution >= 4 is 28.1 Å². The number of rotatable bonds is 5. The van der Waals surface area contributed by atoms with Crippen LogP contribution in [0.5, 0.6) is 0 Å². The van der Waals surface area contributed by atoms with Crippen LogP contribution in [-0.4, -0.2) is 48.5 Å². The summed E-state index contributed by atoms with van der Waals surface area (Å²) >= 11 is 1.73. The molecule has 0 saturated carbocycles. The molecule has 1 aliphatic rings. The van der Waals surface area contributed by atoms with Gasteiger partial charge in [-0.1, -0.05) is 59.9 Å². The third-order valence-electron chi connectivity index (χ3n) is 4.62. The fourth-order valence-electron chi connectivity index (χ4n) is 3.17. The molecule has 0 radical (unpaired) electrons. The molecule has 2 aromatic carbocycles. The first-order valence-corrected chi connectivity index (χ1v) is 9.93. The van der Waals surface area contributed by atoms with E-state index in [1.54, 1.807) is 11.3 Å². The highest BCUT2D eigenvalue weighted by atomic mass is 32.1. The van der Waals surface area contributed by atoms with E-state index in [0.717, 1.165) is 37.0 Å². The van der Waals surface area contributed by atoms with Crippen molar-refractivity contribution in [3.05, 3.63) is 66.9 Å². The Morgan fingerprint density at radius 3 is 2.33 bits per heavy atom. The average molecular weight is 379 g/mol. The van der Waals surface area contributed by atoms with Crippen LogP contribution >= 0.6 is 11.3 Å². The SMILES string of the molecule is O=C(CN1CCN(c2ncc(-c3ccccc3)s2)CC1)Nc1ccccc1. The summed E-state index contributed by atoms with van der Waals surface area (Å²) in [6, 6.07) is 19.9. The lowest BCUT2D eigenvalue weighted by Gasteiger charge is -2.34. The van der Waals surface area contributed by atoms with Gasteiger partial charge < -0.3 is 10.2 Å². The fourth-order valence-corrected chi connectivity index (χ4v) is 4.14. The van der Waals surface area contributed by atoms with Gasteiger partial charge in [-0.3, -0.25) is 9.69 Å². The quantitative estimate of drug-likeness (QED) is 0.737. The Labute approximate surface area is 163 Å². The van der Waals surface area contributed by atoms with Gasteiger partial charge in [0.2, 0.25) is 5.91 Å². The van der Waals surface area contributed by atoms with Crippen molar-refractivity contribution in [3.8, 4) is 10.4 Å². The van der Waals surface area contributed by atoms with Crippen molar-refractivity contribution in [2.75, 3.05) is 42.9 Å². The minimum absolute atomic E-state index is 0.0373. The van der Waals surface area contributed by atoms with E-state index in [1.807, 2.05) is 54.7 Å². The van der Waals surface area contributed by atoms with Crippen LogP contribution in [0.25, 0.3) is 10.4 Å². The van der Waals surface area contributed by atoms with Gasteiger partial charge in [-0.2, -0.15) is 0 Å². The van der Waals surface area contributed by atoms with E-state index in [9.17, 15) is 4.79 Å². The topological polar surface area (TPSA) is 48.5 Å². The Bertz CT molecular complexity index is 873. The summed E-state index contributed by atoms with van der Waals surface area (Å²) in [5.41, 5.74) is 2.05. The molecule has 3 aromatic rings. The smallest absolute Gasteiger partial charge is 0.238 e. The summed E-state index contributed by atoms with van der Waals surface area (Å²) in [6.45, 7) is 3.93. The number of amides is 1. The first kappa shape index (κ1) is 17.7. The van der Waals surface area contributed by atoms with Gasteiger partial charge in [0.05, 0.1) is 11.4 Å². The fraction of sp³-hybridized carbons (Fsp3) is 0.238. The first-order chi connectivity index (χ1) is 13.3. The first-order valence-electron chi connectivity index (χ1n) is 9.11. The Morgan fingerprint density at radius 1 is 0.963 bits per heavy atom. The lowest BCUT2D eigenvalue weighted by atomic mass is 10.2. The number of nitrogens with zero attached hydrogens (tertiary/aromatic N) is 3. The van der Waals surface area contributed by atoms with Gasteiger partial charge in [0.15, 0.2) is 5.13 Å². The van der Waals surface area contributed by atoms with E-state index in [1.165, 1.54) is 10.4 Å². The molecule has 1 fully saturated rings. The van der Waals surface area contributed by atoms with E-state index in [0.29, 0.717) is 6.54 Å². The monoisotopic (exact) mass is 378 g/mol. The molecule has 1 aromatic heterocycles. The molecule has 0 atom stereocenters. The van der Waals surface area contributed by atoms with E-state index >= 15 is 0 Å². The van der Waals surface area contributed by atoms with Gasteiger partial charge >= 0.3 is 0 Å². The predicted octanol–water partition coefficient (Wildman–Crippen LogP) is 3.57. The summed E-state index contributed by atoms with van der Waals surface area (Å²) in [4.78, 5) is 22.5. The molecule has 0 bridgehead atoms. The van der Waals surface area contributed by atoms with Crippen LogP contribution in [0.4, 0.5) is 10.8 Å². The van der Waals surface area contributed by atoms with Crippen LogP contribution in [0.15, 0.2) is 66.9 Å². The molecule has 5 nitrogen and oxygen atoms in total. The van der Waals surface area contributed by atoms with Gasteiger partial charge in [-0.25, -0.2) is 4.98 Å². The van der Waals surface area contributed by atoms with Crippen molar-refractivity contribution in [3.63, 3.8) is 0 Å². The third kappa shape index (κ3) is 4.53. The largest absolute Gasteiger partial charge is 0.346 e. The minimum atomic E-state index is 0.0373. The number of benzene rings is 2. The Morgan fingerprint density at radius 2 is 1.63 bits per heavy atom. The normalized spacial score (nSPS) is 14.9. The van der Waals surface area contributed by atoms with Gasteiger partial charge in [-0.15, -0.1) is 0 Å². The van der Waals surface area contributed by atoms with Gasteiger partial charge in [0.25, 0.3) is 0 Å². The molecule has 0 aliphatic carbocycles. The zero-order valence-corrected chi connectivity index (χ0v) is 15.9. The summed E-state index contributed by atoms with van der Waals surface area (Å²) in [5.74, 6) is 0.0373. The number of piperazine rings is 1. The number of carbonyl (C=O) groups excluding carboxylic acids is 1. The van der Waals surface area contributed by atoms with Crippen LogP contribution in [-0.2, 0) is 4.79 Å². The van der Waals surface area contributed by atoms with Gasteiger partial charge in [0, 0.05) is 38.1 Å². The Hall–Kier alpha value is -2.70. The molecule has 6 heteroatoms. The lowest BCUT2D eigenvalue weighted by molar-refractivity contribution is -0.117. The Balaban J connectivity index is 1.29. The highest BCUT2D eigenvalue weighted by Crippen LogP contribution is 2.31. The van der Waals surface area contributed by atoms with Crippen LogP contribution in [0, 0.1) is 0 Å². The number of carbonyl (C=O) groups is 1. The molecule has 2 heterocycles. The average Bonchev–Trinajstić information content (AvgIpc) is 3.20. The number of thiazole rings is 1. The molecule has 138 valence electrons. The number of anilines is 2. The second-order valence-corrected chi connectivity index (χ2v) is 7.56.